The lowest BCUT2D eigenvalue weighted by Crippen LogP contribution is -2.52. The number of benzene rings is 1. The van der Waals surface area contributed by atoms with Crippen molar-refractivity contribution in [1.82, 2.24) is 14.8 Å². The summed E-state index contributed by atoms with van der Waals surface area (Å²) in [5.74, 6) is 6.36. The Hall–Kier alpha value is -2.40. The quantitative estimate of drug-likeness (QED) is 0.807. The van der Waals surface area contributed by atoms with Crippen molar-refractivity contribution in [2.75, 3.05) is 12.3 Å². The second-order valence-electron chi connectivity index (χ2n) is 6.79. The van der Waals surface area contributed by atoms with E-state index in [1.54, 1.807) is 53.8 Å². The summed E-state index contributed by atoms with van der Waals surface area (Å²) in [5.41, 5.74) is 6.71. The highest BCUT2D eigenvalue weighted by Gasteiger charge is 2.42. The molecule has 0 radical (unpaired) electrons. The van der Waals surface area contributed by atoms with Crippen molar-refractivity contribution < 1.29 is 8.42 Å². The van der Waals surface area contributed by atoms with E-state index >= 15 is 0 Å². The number of anilines is 1. The molecule has 1 fully saturated rings. The number of sulfonamides is 1. The van der Waals surface area contributed by atoms with Gasteiger partial charge in [-0.05, 0) is 38.5 Å². The first-order chi connectivity index (χ1) is 12.3. The van der Waals surface area contributed by atoms with Crippen LogP contribution >= 0.6 is 0 Å². The molecule has 0 aliphatic carbocycles. The van der Waals surface area contributed by atoms with Crippen LogP contribution in [-0.2, 0) is 10.0 Å². The highest BCUT2D eigenvalue weighted by molar-refractivity contribution is 7.89. The summed E-state index contributed by atoms with van der Waals surface area (Å²) in [6.07, 6.45) is 3.99. The van der Waals surface area contributed by atoms with Gasteiger partial charge < -0.3 is 5.73 Å². The van der Waals surface area contributed by atoms with Crippen LogP contribution in [0.3, 0.4) is 0 Å². The topological polar surface area (TPSA) is 88.3 Å². The summed E-state index contributed by atoms with van der Waals surface area (Å²) >= 11 is 0. The standard InChI is InChI=1S/C19H22N4O2S/c1-19(2)16(9-8-15-10-12-21-14-18(15)20)11-13-23(19)22-26(24,25)17-6-4-3-5-7-17/h3-7,10,12,14,16,22H,11,13,20H2,1-2H3. The molecule has 1 aliphatic heterocycles. The first-order valence-corrected chi connectivity index (χ1v) is 9.85. The number of nitrogens with zero attached hydrogens (tertiary/aromatic N) is 2. The van der Waals surface area contributed by atoms with Crippen LogP contribution in [0.5, 0.6) is 0 Å². The van der Waals surface area contributed by atoms with Crippen LogP contribution in [0.2, 0.25) is 0 Å². The molecule has 0 bridgehead atoms. The Kier molecular flexibility index (Phi) is 5.01. The summed E-state index contributed by atoms with van der Waals surface area (Å²) in [7, 11) is -3.61. The molecule has 1 unspecified atom stereocenters. The molecule has 1 atom stereocenters. The number of hydrogen-bond acceptors (Lipinski definition) is 5. The van der Waals surface area contributed by atoms with E-state index in [0.717, 1.165) is 12.0 Å². The lowest BCUT2D eigenvalue weighted by Gasteiger charge is -2.33. The minimum absolute atomic E-state index is 0.00791. The Morgan fingerprint density at radius 2 is 2.00 bits per heavy atom. The molecule has 0 saturated carbocycles. The number of rotatable bonds is 3. The first-order valence-electron chi connectivity index (χ1n) is 8.37. The van der Waals surface area contributed by atoms with Gasteiger partial charge in [0, 0.05) is 24.2 Å². The van der Waals surface area contributed by atoms with Crippen LogP contribution in [0.25, 0.3) is 0 Å². The lowest BCUT2D eigenvalue weighted by atomic mass is 9.89. The van der Waals surface area contributed by atoms with Crippen LogP contribution in [0.4, 0.5) is 5.69 Å². The van der Waals surface area contributed by atoms with Gasteiger partial charge in [0.15, 0.2) is 0 Å². The largest absolute Gasteiger partial charge is 0.396 e. The van der Waals surface area contributed by atoms with Gasteiger partial charge in [-0.3, -0.25) is 4.98 Å². The van der Waals surface area contributed by atoms with E-state index in [-0.39, 0.29) is 10.8 Å². The van der Waals surface area contributed by atoms with Crippen molar-refractivity contribution in [2.24, 2.45) is 5.92 Å². The maximum Gasteiger partial charge on any atom is 0.253 e. The van der Waals surface area contributed by atoms with Gasteiger partial charge in [0.05, 0.1) is 22.3 Å². The Morgan fingerprint density at radius 1 is 1.27 bits per heavy atom. The van der Waals surface area contributed by atoms with E-state index in [2.05, 4.69) is 21.7 Å². The zero-order valence-corrected chi connectivity index (χ0v) is 15.6. The minimum atomic E-state index is -3.61. The van der Waals surface area contributed by atoms with Crippen molar-refractivity contribution in [3.8, 4) is 11.8 Å². The molecule has 3 N–H and O–H groups in total. The molecule has 6 nitrogen and oxygen atoms in total. The third kappa shape index (κ3) is 3.73. The van der Waals surface area contributed by atoms with E-state index in [9.17, 15) is 8.42 Å². The Bertz CT molecular complexity index is 946. The van der Waals surface area contributed by atoms with Crippen LogP contribution in [0, 0.1) is 17.8 Å². The highest BCUT2D eigenvalue weighted by atomic mass is 32.2. The molecule has 2 aromatic rings. The number of nitrogen functional groups attached to an aromatic ring is 1. The number of nitrogens with two attached hydrogens (primary N) is 1. The fourth-order valence-electron chi connectivity index (χ4n) is 2.98. The fourth-order valence-corrected chi connectivity index (χ4v) is 4.22. The van der Waals surface area contributed by atoms with Gasteiger partial charge >= 0.3 is 0 Å². The third-order valence-electron chi connectivity index (χ3n) is 4.71. The average Bonchev–Trinajstić information content (AvgIpc) is 2.89. The molecule has 0 spiro atoms. The number of pyridine rings is 1. The normalized spacial score (nSPS) is 19.7. The van der Waals surface area contributed by atoms with E-state index < -0.39 is 15.6 Å². The first kappa shape index (κ1) is 18.4. The van der Waals surface area contributed by atoms with Crippen molar-refractivity contribution in [3.05, 3.63) is 54.4 Å². The molecule has 136 valence electrons. The number of hydrogen-bond donors (Lipinski definition) is 2. The van der Waals surface area contributed by atoms with Gasteiger partial charge in [0.2, 0.25) is 0 Å². The lowest BCUT2D eigenvalue weighted by molar-refractivity contribution is 0.130. The van der Waals surface area contributed by atoms with Gasteiger partial charge in [0.25, 0.3) is 10.0 Å². The molecule has 3 rings (SSSR count). The highest BCUT2D eigenvalue weighted by Crippen LogP contribution is 2.33. The van der Waals surface area contributed by atoms with Crippen LogP contribution in [0.1, 0.15) is 25.8 Å². The molecule has 7 heteroatoms. The maximum absolute atomic E-state index is 12.6. The molecule has 1 aromatic carbocycles. The minimum Gasteiger partial charge on any atom is -0.396 e. The fraction of sp³-hybridized carbons (Fsp3) is 0.316. The van der Waals surface area contributed by atoms with Gasteiger partial charge in [-0.1, -0.05) is 30.0 Å². The monoisotopic (exact) mass is 370 g/mol. The summed E-state index contributed by atoms with van der Waals surface area (Å²) < 4.78 is 25.2. The summed E-state index contributed by atoms with van der Waals surface area (Å²) in [6.45, 7) is 4.57. The Balaban J connectivity index is 1.78. The van der Waals surface area contributed by atoms with E-state index in [1.165, 1.54) is 0 Å². The number of aromatic nitrogens is 1. The SMILES string of the molecule is CC1(C)C(C#Cc2ccncc2N)CCN1NS(=O)(=O)c1ccccc1. The molecular weight excluding hydrogens is 348 g/mol. The van der Waals surface area contributed by atoms with Crippen LogP contribution in [-0.4, -0.2) is 30.5 Å². The zero-order valence-electron chi connectivity index (χ0n) is 14.8. The Morgan fingerprint density at radius 3 is 2.69 bits per heavy atom. The van der Waals surface area contributed by atoms with Gasteiger partial charge in [0.1, 0.15) is 0 Å². The van der Waals surface area contributed by atoms with Crippen molar-refractivity contribution in [3.63, 3.8) is 0 Å². The molecule has 0 amide bonds. The molecule has 1 saturated heterocycles. The number of hydrazine groups is 1. The van der Waals surface area contributed by atoms with Crippen molar-refractivity contribution in [2.45, 2.75) is 30.7 Å². The Labute approximate surface area is 154 Å². The molecule has 26 heavy (non-hydrogen) atoms. The zero-order chi connectivity index (χ0) is 18.8. The van der Waals surface area contributed by atoms with Crippen LogP contribution in [0.15, 0.2) is 53.7 Å². The second kappa shape index (κ2) is 7.08. The third-order valence-corrected chi connectivity index (χ3v) is 6.06. The van der Waals surface area contributed by atoms with Gasteiger partial charge in [-0.15, -0.1) is 4.83 Å². The van der Waals surface area contributed by atoms with Crippen molar-refractivity contribution >= 4 is 15.7 Å². The second-order valence-corrected chi connectivity index (χ2v) is 8.45. The van der Waals surface area contributed by atoms with Gasteiger partial charge in [-0.2, -0.15) is 0 Å². The smallest absolute Gasteiger partial charge is 0.253 e. The van der Waals surface area contributed by atoms with E-state index in [4.69, 9.17) is 5.73 Å². The summed E-state index contributed by atoms with van der Waals surface area (Å²) in [6, 6.07) is 10.1. The number of nitrogens with one attached hydrogen (secondary N) is 1. The van der Waals surface area contributed by atoms with Crippen molar-refractivity contribution in [1.29, 1.82) is 0 Å². The molecule has 2 heterocycles. The molecule has 1 aromatic heterocycles. The predicted molar refractivity (Wildman–Crippen MR) is 101 cm³/mol. The predicted octanol–water partition coefficient (Wildman–Crippen LogP) is 2.01. The van der Waals surface area contributed by atoms with Crippen LogP contribution < -0.4 is 10.6 Å². The summed E-state index contributed by atoms with van der Waals surface area (Å²) in [5, 5.41) is 1.75. The molecule has 1 aliphatic rings. The molecular formula is C19H22N4O2S. The maximum atomic E-state index is 12.6. The average molecular weight is 370 g/mol. The summed E-state index contributed by atoms with van der Waals surface area (Å²) in [4.78, 5) is 6.91. The van der Waals surface area contributed by atoms with Gasteiger partial charge in [-0.25, -0.2) is 13.4 Å². The van der Waals surface area contributed by atoms with E-state index in [0.29, 0.717) is 12.2 Å². The van der Waals surface area contributed by atoms with E-state index in [1.807, 2.05) is 13.8 Å².